The predicted octanol–water partition coefficient (Wildman–Crippen LogP) is 0.655. The van der Waals surface area contributed by atoms with Crippen LogP contribution in [0.15, 0.2) is 58.3 Å². The van der Waals surface area contributed by atoms with Crippen molar-refractivity contribution in [2.24, 2.45) is 0 Å². The molecule has 0 radical (unpaired) electrons. The van der Waals surface area contributed by atoms with Crippen LogP contribution in [0.2, 0.25) is 0 Å². The van der Waals surface area contributed by atoms with Gasteiger partial charge in [-0.15, -0.1) is 0 Å². The minimum Gasteiger partial charge on any atom is -0.322 e. The van der Waals surface area contributed by atoms with E-state index in [0.29, 0.717) is 5.69 Å². The molecule has 1 atom stereocenters. The van der Waals surface area contributed by atoms with Gasteiger partial charge in [0.1, 0.15) is 0 Å². The van der Waals surface area contributed by atoms with E-state index >= 15 is 0 Å². The second-order valence-corrected chi connectivity index (χ2v) is 13.6. The van der Waals surface area contributed by atoms with Crippen molar-refractivity contribution >= 4 is 41.5 Å². The number of nitrogens with zero attached hydrogens (tertiary/aromatic N) is 1. The van der Waals surface area contributed by atoms with Gasteiger partial charge in [0.25, 0.3) is 5.91 Å². The molecule has 0 bridgehead atoms. The van der Waals surface area contributed by atoms with Crippen LogP contribution in [0.5, 0.6) is 0 Å². The predicted molar refractivity (Wildman–Crippen MR) is 119 cm³/mol. The summed E-state index contributed by atoms with van der Waals surface area (Å²) in [6, 6.07) is 10.2. The number of anilines is 1. The first-order chi connectivity index (χ1) is 14.8. The first-order valence-corrected chi connectivity index (χ1v) is 14.2. The lowest BCUT2D eigenvalue weighted by Gasteiger charge is -2.13. The average molecular weight is 502 g/mol. The number of hydrogen-bond acceptors (Lipinski definition) is 7. The quantitative estimate of drug-likeness (QED) is 0.566. The van der Waals surface area contributed by atoms with E-state index in [2.05, 4.69) is 10.0 Å². The maximum Gasteiger partial charge on any atom is 0.255 e. The number of amides is 1. The fourth-order valence-corrected chi connectivity index (χ4v) is 7.04. The van der Waals surface area contributed by atoms with Gasteiger partial charge in [0.15, 0.2) is 9.84 Å². The molecule has 1 amide bonds. The minimum atomic E-state index is -3.91. The minimum absolute atomic E-state index is 0.0484. The highest BCUT2D eigenvalue weighted by Crippen LogP contribution is 2.19. The summed E-state index contributed by atoms with van der Waals surface area (Å²) in [6.45, 7) is 0. The highest BCUT2D eigenvalue weighted by molar-refractivity contribution is 7.92. The molecule has 10 nitrogen and oxygen atoms in total. The first kappa shape index (κ1) is 24.3. The van der Waals surface area contributed by atoms with Crippen molar-refractivity contribution in [1.29, 1.82) is 0 Å². The molecule has 32 heavy (non-hydrogen) atoms. The van der Waals surface area contributed by atoms with Crippen LogP contribution < -0.4 is 10.0 Å². The number of carbonyl (C=O) groups excluding carboxylic acids is 1. The van der Waals surface area contributed by atoms with Crippen LogP contribution in [0.1, 0.15) is 16.8 Å². The van der Waals surface area contributed by atoms with Crippen molar-refractivity contribution in [2.45, 2.75) is 22.3 Å². The van der Waals surface area contributed by atoms with E-state index in [4.69, 9.17) is 0 Å². The molecule has 1 aliphatic rings. The van der Waals surface area contributed by atoms with Crippen LogP contribution in [-0.2, 0) is 29.9 Å². The summed E-state index contributed by atoms with van der Waals surface area (Å²) in [5.41, 5.74) is 0.561. The Labute approximate surface area is 187 Å². The van der Waals surface area contributed by atoms with Crippen LogP contribution >= 0.6 is 0 Å². The SMILES string of the molecule is CN(C)S(=O)(=O)c1ccc(C(=O)Nc2ccc(S(=O)(=O)N[C@H]3CCS(=O)(=O)C3)cc2)cc1. The van der Waals surface area contributed by atoms with Crippen LogP contribution in [0.3, 0.4) is 0 Å². The number of carbonyl (C=O) groups is 1. The maximum absolute atomic E-state index is 12.5. The molecule has 2 aromatic rings. The second kappa shape index (κ2) is 8.90. The lowest BCUT2D eigenvalue weighted by atomic mass is 10.2. The summed E-state index contributed by atoms with van der Waals surface area (Å²) in [5, 5.41) is 2.61. The zero-order chi connectivity index (χ0) is 23.7. The van der Waals surface area contributed by atoms with E-state index in [1.165, 1.54) is 62.6 Å². The molecule has 13 heteroatoms. The topological polar surface area (TPSA) is 147 Å². The summed E-state index contributed by atoms with van der Waals surface area (Å²) < 4.78 is 75.6. The Hall–Kier alpha value is -2.32. The molecule has 174 valence electrons. The van der Waals surface area contributed by atoms with Crippen molar-refractivity contribution in [3.8, 4) is 0 Å². The summed E-state index contributed by atoms with van der Waals surface area (Å²) in [6.07, 6.45) is 0.227. The molecule has 2 aromatic carbocycles. The number of sulfone groups is 1. The largest absolute Gasteiger partial charge is 0.322 e. The Morgan fingerprint density at radius 1 is 0.938 bits per heavy atom. The van der Waals surface area contributed by atoms with Gasteiger partial charge in [-0.25, -0.2) is 34.3 Å². The lowest BCUT2D eigenvalue weighted by Crippen LogP contribution is -2.35. The van der Waals surface area contributed by atoms with E-state index < -0.39 is 41.8 Å². The van der Waals surface area contributed by atoms with Crippen LogP contribution in [0.25, 0.3) is 0 Å². The van der Waals surface area contributed by atoms with Crippen molar-refractivity contribution in [3.63, 3.8) is 0 Å². The van der Waals surface area contributed by atoms with Gasteiger partial charge in [0, 0.05) is 31.4 Å². The molecule has 0 unspecified atom stereocenters. The van der Waals surface area contributed by atoms with Gasteiger partial charge in [-0.05, 0) is 55.0 Å². The normalized spacial score (nSPS) is 18.5. The Kier molecular flexibility index (Phi) is 6.77. The number of benzene rings is 2. The lowest BCUT2D eigenvalue weighted by molar-refractivity contribution is 0.102. The fourth-order valence-electron chi connectivity index (χ4n) is 3.09. The Morgan fingerprint density at radius 2 is 1.50 bits per heavy atom. The molecule has 1 aliphatic heterocycles. The molecular weight excluding hydrogens is 478 g/mol. The summed E-state index contributed by atoms with van der Waals surface area (Å²) in [4.78, 5) is 12.4. The average Bonchev–Trinajstić information content (AvgIpc) is 3.05. The molecule has 3 rings (SSSR count). The second-order valence-electron chi connectivity index (χ2n) is 7.51. The van der Waals surface area contributed by atoms with Crippen molar-refractivity contribution in [3.05, 3.63) is 54.1 Å². The molecule has 1 saturated heterocycles. The molecule has 1 heterocycles. The number of sulfonamides is 2. The molecule has 0 spiro atoms. The molecule has 2 N–H and O–H groups in total. The van der Waals surface area contributed by atoms with Crippen LogP contribution in [-0.4, -0.2) is 67.1 Å². The van der Waals surface area contributed by atoms with E-state index in [9.17, 15) is 30.0 Å². The van der Waals surface area contributed by atoms with Gasteiger partial charge in [0.05, 0.1) is 21.3 Å². The highest BCUT2D eigenvalue weighted by Gasteiger charge is 2.31. The van der Waals surface area contributed by atoms with Crippen molar-refractivity contribution in [1.82, 2.24) is 9.03 Å². The Morgan fingerprint density at radius 3 is 2.00 bits per heavy atom. The standard InChI is InChI=1S/C19H23N3O7S3/c1-22(2)32(28,29)18-7-3-14(4-8-18)19(23)20-15-5-9-17(10-6-15)31(26,27)21-16-11-12-30(24,25)13-16/h3-10,16,21H,11-13H2,1-2H3,(H,20,23)/t16-/m0/s1. The molecule has 0 saturated carbocycles. The van der Waals surface area contributed by atoms with E-state index in [1.54, 1.807) is 0 Å². The van der Waals surface area contributed by atoms with Crippen LogP contribution in [0.4, 0.5) is 5.69 Å². The smallest absolute Gasteiger partial charge is 0.255 e. The Bertz CT molecular complexity index is 1320. The van der Waals surface area contributed by atoms with Crippen LogP contribution in [0, 0.1) is 0 Å². The van der Waals surface area contributed by atoms with Gasteiger partial charge < -0.3 is 5.32 Å². The Balaban J connectivity index is 1.67. The highest BCUT2D eigenvalue weighted by atomic mass is 32.2. The van der Waals surface area contributed by atoms with E-state index in [-0.39, 0.29) is 33.3 Å². The number of rotatable bonds is 7. The summed E-state index contributed by atoms with van der Waals surface area (Å²) >= 11 is 0. The first-order valence-electron chi connectivity index (χ1n) is 9.47. The molecule has 1 fully saturated rings. The maximum atomic E-state index is 12.5. The van der Waals surface area contributed by atoms with Crippen molar-refractivity contribution < 1.29 is 30.0 Å². The summed E-state index contributed by atoms with van der Waals surface area (Å²) in [7, 11) is -7.92. The van der Waals surface area contributed by atoms with Crippen molar-refractivity contribution in [2.75, 3.05) is 30.9 Å². The van der Waals surface area contributed by atoms with E-state index in [0.717, 1.165) is 4.31 Å². The number of nitrogens with one attached hydrogen (secondary N) is 2. The van der Waals surface area contributed by atoms with Gasteiger partial charge in [-0.1, -0.05) is 0 Å². The van der Waals surface area contributed by atoms with E-state index in [1.807, 2.05) is 0 Å². The number of hydrogen-bond donors (Lipinski definition) is 2. The van der Waals surface area contributed by atoms with Gasteiger partial charge >= 0.3 is 0 Å². The van der Waals surface area contributed by atoms with Gasteiger partial charge in [-0.3, -0.25) is 4.79 Å². The molecular formula is C19H23N3O7S3. The third kappa shape index (κ3) is 5.53. The molecule has 0 aromatic heterocycles. The van der Waals surface area contributed by atoms with Gasteiger partial charge in [-0.2, -0.15) is 0 Å². The third-order valence-electron chi connectivity index (χ3n) is 4.87. The zero-order valence-corrected chi connectivity index (χ0v) is 19.8. The molecule has 0 aliphatic carbocycles. The van der Waals surface area contributed by atoms with Gasteiger partial charge in [0.2, 0.25) is 20.0 Å². The summed E-state index contributed by atoms with van der Waals surface area (Å²) in [5.74, 6) is -0.772. The third-order valence-corrected chi connectivity index (χ3v) is 10.0. The fraction of sp³-hybridized carbons (Fsp3) is 0.316. The zero-order valence-electron chi connectivity index (χ0n) is 17.3. The monoisotopic (exact) mass is 501 g/mol.